The smallest absolute Gasteiger partial charge is 0.338 e. The van der Waals surface area contributed by atoms with Gasteiger partial charge in [0, 0.05) is 26.3 Å². The first kappa shape index (κ1) is 21.6. The third-order valence-electron chi connectivity index (χ3n) is 4.70. The molecule has 0 heterocycles. The van der Waals surface area contributed by atoms with E-state index in [4.69, 9.17) is 9.47 Å². The first-order valence-corrected chi connectivity index (χ1v) is 9.46. The number of esters is 1. The molecule has 2 rings (SSSR count). The van der Waals surface area contributed by atoms with Crippen molar-refractivity contribution < 1.29 is 24.0 Å². The molecule has 0 atom stereocenters. The molecule has 0 bridgehead atoms. The molecular weight excluding hydrogens is 366 g/mol. The van der Waals surface area contributed by atoms with Gasteiger partial charge in [0.05, 0.1) is 17.1 Å². The zero-order valence-electron chi connectivity index (χ0n) is 16.1. The summed E-state index contributed by atoms with van der Waals surface area (Å²) in [6, 6.07) is 4.00. The molecule has 1 aliphatic carbocycles. The highest BCUT2D eigenvalue weighted by Crippen LogP contribution is 2.26. The molecule has 1 aromatic rings. The van der Waals surface area contributed by atoms with Crippen molar-refractivity contribution in [1.29, 1.82) is 0 Å². The monoisotopic (exact) mass is 393 g/mol. The number of anilines is 1. The van der Waals surface area contributed by atoms with Crippen molar-refractivity contribution in [3.63, 3.8) is 0 Å². The van der Waals surface area contributed by atoms with Crippen LogP contribution in [0.15, 0.2) is 18.2 Å². The lowest BCUT2D eigenvalue weighted by atomic mass is 9.89. The maximum atomic E-state index is 12.1. The van der Waals surface area contributed by atoms with E-state index in [9.17, 15) is 19.7 Å². The minimum absolute atomic E-state index is 0.0177. The van der Waals surface area contributed by atoms with Gasteiger partial charge in [-0.3, -0.25) is 14.9 Å². The Labute approximate surface area is 163 Å². The molecule has 0 aliphatic heterocycles. The van der Waals surface area contributed by atoms with Crippen LogP contribution < -0.4 is 10.6 Å². The summed E-state index contributed by atoms with van der Waals surface area (Å²) in [4.78, 5) is 34.7. The highest BCUT2D eigenvalue weighted by molar-refractivity contribution is 5.93. The van der Waals surface area contributed by atoms with Crippen molar-refractivity contribution in [3.8, 4) is 0 Å². The largest absolute Gasteiger partial charge is 0.452 e. The number of methoxy groups -OCH3 is 1. The van der Waals surface area contributed by atoms with Gasteiger partial charge in [-0.2, -0.15) is 0 Å². The zero-order chi connectivity index (χ0) is 20.4. The molecule has 0 radical (unpaired) electrons. The molecule has 1 aromatic carbocycles. The van der Waals surface area contributed by atoms with E-state index in [1.165, 1.54) is 38.5 Å². The van der Waals surface area contributed by atoms with E-state index in [1.54, 1.807) is 0 Å². The number of benzene rings is 1. The third-order valence-corrected chi connectivity index (χ3v) is 4.70. The maximum Gasteiger partial charge on any atom is 0.338 e. The number of nitro groups is 1. The van der Waals surface area contributed by atoms with Gasteiger partial charge < -0.3 is 20.1 Å². The van der Waals surface area contributed by atoms with Crippen LogP contribution in [-0.2, 0) is 14.3 Å². The Hall–Kier alpha value is -2.68. The summed E-state index contributed by atoms with van der Waals surface area (Å²) >= 11 is 0. The molecule has 28 heavy (non-hydrogen) atoms. The summed E-state index contributed by atoms with van der Waals surface area (Å²) in [5.41, 5.74) is 0.0557. The van der Waals surface area contributed by atoms with Gasteiger partial charge in [0.25, 0.3) is 11.6 Å². The quantitative estimate of drug-likeness (QED) is 0.271. The van der Waals surface area contributed by atoms with Crippen LogP contribution in [0.1, 0.15) is 42.5 Å². The topological polar surface area (TPSA) is 120 Å². The molecule has 0 spiro atoms. The first-order valence-electron chi connectivity index (χ1n) is 9.46. The molecule has 0 saturated heterocycles. The van der Waals surface area contributed by atoms with Crippen molar-refractivity contribution in [2.45, 2.75) is 32.1 Å². The van der Waals surface area contributed by atoms with E-state index in [2.05, 4.69) is 10.6 Å². The second kappa shape index (κ2) is 11.2. The number of amides is 1. The van der Waals surface area contributed by atoms with Gasteiger partial charge >= 0.3 is 5.97 Å². The number of nitro benzene ring substituents is 1. The van der Waals surface area contributed by atoms with Crippen molar-refractivity contribution in [3.05, 3.63) is 33.9 Å². The van der Waals surface area contributed by atoms with E-state index < -0.39 is 17.5 Å². The standard InChI is InChI=1S/C19H27N3O6/c1-27-10-9-20-16-8-7-15(11-17(16)22(25)26)19(24)28-13-18(23)21-12-14-5-3-2-4-6-14/h7-8,11,14,20H,2-6,9-10,12-13H2,1H3,(H,21,23). The molecule has 154 valence electrons. The molecule has 1 aliphatic rings. The number of carbonyl (C=O) groups excluding carboxylic acids is 2. The summed E-state index contributed by atoms with van der Waals surface area (Å²) in [5, 5.41) is 16.9. The van der Waals surface area contributed by atoms with Crippen molar-refractivity contribution in [2.24, 2.45) is 5.92 Å². The minimum Gasteiger partial charge on any atom is -0.452 e. The Morgan fingerprint density at radius 1 is 1.25 bits per heavy atom. The lowest BCUT2D eigenvalue weighted by Crippen LogP contribution is -2.33. The molecular formula is C19H27N3O6. The van der Waals surface area contributed by atoms with Crippen LogP contribution >= 0.6 is 0 Å². The van der Waals surface area contributed by atoms with Gasteiger partial charge in [-0.1, -0.05) is 19.3 Å². The summed E-state index contributed by atoms with van der Waals surface area (Å²) in [5.74, 6) is -0.667. The molecule has 1 amide bonds. The molecule has 2 N–H and O–H groups in total. The third kappa shape index (κ3) is 6.80. The number of carbonyl (C=O) groups is 2. The van der Waals surface area contributed by atoms with Gasteiger partial charge in [0.1, 0.15) is 5.69 Å². The van der Waals surface area contributed by atoms with Crippen LogP contribution in [0.3, 0.4) is 0 Å². The summed E-state index contributed by atoms with van der Waals surface area (Å²) < 4.78 is 9.88. The number of hydrogen-bond donors (Lipinski definition) is 2. The van der Waals surface area contributed by atoms with Crippen LogP contribution in [0.25, 0.3) is 0 Å². The molecule has 1 saturated carbocycles. The number of rotatable bonds is 10. The Morgan fingerprint density at radius 3 is 2.68 bits per heavy atom. The van der Waals surface area contributed by atoms with Gasteiger partial charge in [0.15, 0.2) is 6.61 Å². The fourth-order valence-corrected chi connectivity index (χ4v) is 3.16. The highest BCUT2D eigenvalue weighted by atomic mass is 16.6. The van der Waals surface area contributed by atoms with Crippen LogP contribution in [0.5, 0.6) is 0 Å². The van der Waals surface area contributed by atoms with E-state index in [1.807, 2.05) is 0 Å². The number of ether oxygens (including phenoxy) is 2. The second-order valence-corrected chi connectivity index (χ2v) is 6.79. The first-order chi connectivity index (χ1) is 13.5. The zero-order valence-corrected chi connectivity index (χ0v) is 16.1. The average molecular weight is 393 g/mol. The molecule has 9 heteroatoms. The SMILES string of the molecule is COCCNc1ccc(C(=O)OCC(=O)NCC2CCCCC2)cc1[N+](=O)[O-]. The number of nitrogens with zero attached hydrogens (tertiary/aromatic N) is 1. The average Bonchev–Trinajstić information content (AvgIpc) is 2.71. The lowest BCUT2D eigenvalue weighted by Gasteiger charge is -2.21. The molecule has 0 unspecified atom stereocenters. The van der Waals surface area contributed by atoms with Crippen LogP contribution in [-0.4, -0.2) is 50.2 Å². The predicted molar refractivity (Wildman–Crippen MR) is 103 cm³/mol. The lowest BCUT2D eigenvalue weighted by molar-refractivity contribution is -0.384. The van der Waals surface area contributed by atoms with Crippen molar-refractivity contribution in [2.75, 3.05) is 38.7 Å². The number of nitrogens with one attached hydrogen (secondary N) is 2. The highest BCUT2D eigenvalue weighted by Gasteiger charge is 2.19. The van der Waals surface area contributed by atoms with Crippen LogP contribution in [0.4, 0.5) is 11.4 Å². The van der Waals surface area contributed by atoms with E-state index in [0.29, 0.717) is 25.6 Å². The van der Waals surface area contributed by atoms with E-state index in [-0.39, 0.29) is 22.8 Å². The summed E-state index contributed by atoms with van der Waals surface area (Å²) in [7, 11) is 1.53. The van der Waals surface area contributed by atoms with Gasteiger partial charge in [-0.05, 0) is 30.9 Å². The Morgan fingerprint density at radius 2 is 2.00 bits per heavy atom. The minimum atomic E-state index is -0.778. The van der Waals surface area contributed by atoms with E-state index in [0.717, 1.165) is 18.9 Å². The Balaban J connectivity index is 1.85. The van der Waals surface area contributed by atoms with Gasteiger partial charge in [0.2, 0.25) is 0 Å². The Bertz CT molecular complexity index is 688. The summed E-state index contributed by atoms with van der Waals surface area (Å²) in [6.45, 7) is 0.954. The van der Waals surface area contributed by atoms with E-state index >= 15 is 0 Å². The van der Waals surface area contributed by atoms with Crippen molar-refractivity contribution >= 4 is 23.3 Å². The van der Waals surface area contributed by atoms with Crippen LogP contribution in [0, 0.1) is 16.0 Å². The van der Waals surface area contributed by atoms with Gasteiger partial charge in [-0.15, -0.1) is 0 Å². The summed E-state index contributed by atoms with van der Waals surface area (Å²) in [6.07, 6.45) is 5.83. The van der Waals surface area contributed by atoms with Gasteiger partial charge in [-0.25, -0.2) is 4.79 Å². The van der Waals surface area contributed by atoms with Crippen LogP contribution in [0.2, 0.25) is 0 Å². The second-order valence-electron chi connectivity index (χ2n) is 6.79. The fourth-order valence-electron chi connectivity index (χ4n) is 3.16. The molecule has 9 nitrogen and oxygen atoms in total. The fraction of sp³-hybridized carbons (Fsp3) is 0.579. The molecule has 0 aromatic heterocycles. The van der Waals surface area contributed by atoms with Crippen molar-refractivity contribution in [1.82, 2.24) is 5.32 Å². The maximum absolute atomic E-state index is 12.1. The molecule has 1 fully saturated rings. The number of hydrogen-bond acceptors (Lipinski definition) is 7. The normalized spacial score (nSPS) is 14.3. The Kier molecular flexibility index (Phi) is 8.67. The predicted octanol–water partition coefficient (Wildman–Crippen LogP) is 2.51.